The normalized spacial score (nSPS) is 12.0. The predicted molar refractivity (Wildman–Crippen MR) is 62.8 cm³/mol. The molecule has 3 N–H and O–H groups in total. The fraction of sp³-hybridized carbons (Fsp3) is 0.400. The van der Waals surface area contributed by atoms with Crippen LogP contribution in [0.4, 0.5) is 18.9 Å². The van der Waals surface area contributed by atoms with Crippen molar-refractivity contribution in [3.63, 3.8) is 0 Å². The second kappa shape index (κ2) is 6.73. The SMILES string of the molecule is Nc1ccc(F)c(S(=O)(=O)NCCOCC(F)F)c1. The Labute approximate surface area is 108 Å². The van der Waals surface area contributed by atoms with E-state index in [1.54, 1.807) is 0 Å². The lowest BCUT2D eigenvalue weighted by Crippen LogP contribution is -2.28. The van der Waals surface area contributed by atoms with Crippen LogP contribution >= 0.6 is 0 Å². The van der Waals surface area contributed by atoms with Crippen molar-refractivity contribution in [2.75, 3.05) is 25.5 Å². The van der Waals surface area contributed by atoms with Crippen LogP contribution in [-0.2, 0) is 14.8 Å². The standard InChI is InChI=1S/C10H13F3N2O3S/c11-8-2-1-7(14)5-9(8)19(16,17)15-3-4-18-6-10(12)13/h1-2,5,10,15H,3-4,6,14H2. The number of alkyl halides is 2. The highest BCUT2D eigenvalue weighted by molar-refractivity contribution is 7.89. The molecule has 0 unspecified atom stereocenters. The van der Waals surface area contributed by atoms with Gasteiger partial charge in [-0.05, 0) is 18.2 Å². The molecule has 0 spiro atoms. The molecule has 0 aliphatic heterocycles. The third kappa shape index (κ3) is 5.05. The molecule has 0 heterocycles. The molecule has 108 valence electrons. The number of rotatable bonds is 7. The van der Waals surface area contributed by atoms with E-state index in [9.17, 15) is 21.6 Å². The van der Waals surface area contributed by atoms with Crippen LogP contribution in [0, 0.1) is 5.82 Å². The van der Waals surface area contributed by atoms with Crippen molar-refractivity contribution in [1.29, 1.82) is 0 Å². The topological polar surface area (TPSA) is 81.4 Å². The van der Waals surface area contributed by atoms with Crippen molar-refractivity contribution in [1.82, 2.24) is 4.72 Å². The van der Waals surface area contributed by atoms with Gasteiger partial charge in [0, 0.05) is 12.2 Å². The van der Waals surface area contributed by atoms with Gasteiger partial charge < -0.3 is 10.5 Å². The number of nitrogens with one attached hydrogen (secondary N) is 1. The number of anilines is 1. The van der Waals surface area contributed by atoms with Crippen LogP contribution < -0.4 is 10.5 Å². The largest absolute Gasteiger partial charge is 0.399 e. The minimum absolute atomic E-state index is 0.0933. The molecule has 1 aromatic carbocycles. The average molecular weight is 298 g/mol. The van der Waals surface area contributed by atoms with Gasteiger partial charge in [-0.15, -0.1) is 0 Å². The van der Waals surface area contributed by atoms with Crippen molar-refractivity contribution >= 4 is 15.7 Å². The van der Waals surface area contributed by atoms with Crippen LogP contribution in [0.2, 0.25) is 0 Å². The first-order chi connectivity index (χ1) is 8.83. The molecule has 1 aromatic rings. The summed E-state index contributed by atoms with van der Waals surface area (Å²) in [5.74, 6) is -0.949. The summed E-state index contributed by atoms with van der Waals surface area (Å²) in [7, 11) is -4.09. The summed E-state index contributed by atoms with van der Waals surface area (Å²) in [6.07, 6.45) is -2.62. The van der Waals surface area contributed by atoms with Crippen molar-refractivity contribution in [3.05, 3.63) is 24.0 Å². The van der Waals surface area contributed by atoms with Gasteiger partial charge in [-0.3, -0.25) is 0 Å². The molecule has 9 heteroatoms. The molecule has 19 heavy (non-hydrogen) atoms. The van der Waals surface area contributed by atoms with Crippen molar-refractivity contribution in [2.45, 2.75) is 11.3 Å². The third-order valence-corrected chi connectivity index (χ3v) is 3.50. The molecule has 0 atom stereocenters. The minimum Gasteiger partial charge on any atom is -0.399 e. The van der Waals surface area contributed by atoms with E-state index in [0.717, 1.165) is 12.1 Å². The van der Waals surface area contributed by atoms with E-state index in [4.69, 9.17) is 5.73 Å². The zero-order chi connectivity index (χ0) is 14.5. The molecule has 1 rings (SSSR count). The smallest absolute Gasteiger partial charge is 0.261 e. The first-order valence-electron chi connectivity index (χ1n) is 5.23. The molecule has 0 aliphatic rings. The number of halogens is 3. The van der Waals surface area contributed by atoms with Crippen molar-refractivity contribution < 1.29 is 26.3 Å². The average Bonchev–Trinajstić information content (AvgIpc) is 2.31. The zero-order valence-electron chi connectivity index (χ0n) is 9.77. The summed E-state index contributed by atoms with van der Waals surface area (Å²) >= 11 is 0. The van der Waals surface area contributed by atoms with Gasteiger partial charge >= 0.3 is 0 Å². The first kappa shape index (κ1) is 15.7. The highest BCUT2D eigenvalue weighted by atomic mass is 32.2. The van der Waals surface area contributed by atoms with Gasteiger partial charge in [0.25, 0.3) is 6.43 Å². The summed E-state index contributed by atoms with van der Waals surface area (Å²) in [6.45, 7) is -1.27. The van der Waals surface area contributed by atoms with Crippen LogP contribution in [-0.4, -0.2) is 34.6 Å². The minimum atomic E-state index is -4.09. The maximum absolute atomic E-state index is 13.3. The van der Waals surface area contributed by atoms with Gasteiger partial charge in [-0.2, -0.15) is 0 Å². The Morgan fingerprint density at radius 1 is 1.37 bits per heavy atom. The molecule has 0 aromatic heterocycles. The van der Waals surface area contributed by atoms with Gasteiger partial charge in [-0.1, -0.05) is 0 Å². The van der Waals surface area contributed by atoms with E-state index in [2.05, 4.69) is 4.74 Å². The van der Waals surface area contributed by atoms with Crippen LogP contribution in [0.15, 0.2) is 23.1 Å². The summed E-state index contributed by atoms with van der Waals surface area (Å²) in [5.41, 5.74) is 5.46. The number of nitrogens with two attached hydrogens (primary N) is 1. The number of hydrogen-bond acceptors (Lipinski definition) is 4. The van der Waals surface area contributed by atoms with Crippen molar-refractivity contribution in [2.24, 2.45) is 0 Å². The van der Waals surface area contributed by atoms with Crippen LogP contribution in [0.25, 0.3) is 0 Å². The van der Waals surface area contributed by atoms with Gasteiger partial charge in [0.05, 0.1) is 6.61 Å². The van der Waals surface area contributed by atoms with Crippen LogP contribution in [0.3, 0.4) is 0 Å². The Morgan fingerprint density at radius 3 is 2.68 bits per heavy atom. The number of ether oxygens (including phenoxy) is 1. The van der Waals surface area contributed by atoms with Gasteiger partial charge in [0.15, 0.2) is 0 Å². The number of hydrogen-bond donors (Lipinski definition) is 2. The Hall–Kier alpha value is -1.32. The maximum Gasteiger partial charge on any atom is 0.261 e. The summed E-state index contributed by atoms with van der Waals surface area (Å²) in [5, 5.41) is 0. The zero-order valence-corrected chi connectivity index (χ0v) is 10.6. The lowest BCUT2D eigenvalue weighted by molar-refractivity contribution is 0.0199. The number of benzene rings is 1. The molecule has 0 saturated heterocycles. The lowest BCUT2D eigenvalue weighted by Gasteiger charge is -2.08. The van der Waals surface area contributed by atoms with E-state index in [1.165, 1.54) is 6.07 Å². The first-order valence-corrected chi connectivity index (χ1v) is 6.72. The molecule has 0 bridgehead atoms. The molecule has 0 radical (unpaired) electrons. The number of sulfonamides is 1. The monoisotopic (exact) mass is 298 g/mol. The molecule has 0 fully saturated rings. The second-order valence-corrected chi connectivity index (χ2v) is 5.29. The maximum atomic E-state index is 13.3. The highest BCUT2D eigenvalue weighted by Gasteiger charge is 2.18. The fourth-order valence-corrected chi connectivity index (χ4v) is 2.35. The van der Waals surface area contributed by atoms with Gasteiger partial charge in [0.2, 0.25) is 10.0 Å². The van der Waals surface area contributed by atoms with E-state index < -0.39 is 33.8 Å². The van der Waals surface area contributed by atoms with Gasteiger partial charge in [-0.25, -0.2) is 26.3 Å². The Bertz CT molecular complexity index is 523. The third-order valence-electron chi connectivity index (χ3n) is 2.03. The van der Waals surface area contributed by atoms with E-state index in [0.29, 0.717) is 0 Å². The molecule has 0 saturated carbocycles. The Morgan fingerprint density at radius 2 is 2.05 bits per heavy atom. The van der Waals surface area contributed by atoms with Crippen LogP contribution in [0.5, 0.6) is 0 Å². The second-order valence-electron chi connectivity index (χ2n) is 3.55. The molecule has 5 nitrogen and oxygen atoms in total. The predicted octanol–water partition coefficient (Wildman–Crippen LogP) is 0.968. The molecule has 0 aliphatic carbocycles. The molecular formula is C10H13F3N2O3S. The summed E-state index contributed by atoms with van der Waals surface area (Å²) < 4.78 is 66.7. The van der Waals surface area contributed by atoms with Gasteiger partial charge in [0.1, 0.15) is 17.3 Å². The molecule has 0 amide bonds. The Balaban J connectivity index is 2.59. The summed E-state index contributed by atoms with van der Waals surface area (Å²) in [6, 6.07) is 3.12. The molecular weight excluding hydrogens is 285 g/mol. The quantitative estimate of drug-likeness (QED) is 0.580. The van der Waals surface area contributed by atoms with E-state index in [-0.39, 0.29) is 18.8 Å². The van der Waals surface area contributed by atoms with Crippen LogP contribution in [0.1, 0.15) is 0 Å². The fourth-order valence-electron chi connectivity index (χ4n) is 1.22. The lowest BCUT2D eigenvalue weighted by atomic mass is 10.3. The van der Waals surface area contributed by atoms with Crippen molar-refractivity contribution in [3.8, 4) is 0 Å². The number of nitrogen functional groups attached to an aromatic ring is 1. The summed E-state index contributed by atoms with van der Waals surface area (Å²) in [4.78, 5) is -0.596. The van der Waals surface area contributed by atoms with E-state index in [1.807, 2.05) is 4.72 Å². The highest BCUT2D eigenvalue weighted by Crippen LogP contribution is 2.17. The van der Waals surface area contributed by atoms with E-state index >= 15 is 0 Å². The Kier molecular flexibility index (Phi) is 5.58.